The van der Waals surface area contributed by atoms with Crippen molar-refractivity contribution in [3.05, 3.63) is 33.5 Å². The number of rotatable bonds is 6. The summed E-state index contributed by atoms with van der Waals surface area (Å²) in [6.07, 6.45) is 3.38. The predicted molar refractivity (Wildman–Crippen MR) is 74.2 cm³/mol. The van der Waals surface area contributed by atoms with E-state index in [9.17, 15) is 15.2 Å². The van der Waals surface area contributed by atoms with Crippen molar-refractivity contribution in [2.75, 3.05) is 0 Å². The van der Waals surface area contributed by atoms with Gasteiger partial charge in [-0.1, -0.05) is 18.3 Å². The van der Waals surface area contributed by atoms with Crippen LogP contribution >= 0.6 is 11.3 Å². The summed E-state index contributed by atoms with van der Waals surface area (Å²) >= 11 is 1.06. The largest absolute Gasteiger partial charge is 0.437 e. The molecule has 0 saturated heterocycles. The van der Waals surface area contributed by atoms with Crippen LogP contribution in [0, 0.1) is 10.1 Å². The van der Waals surface area contributed by atoms with E-state index in [2.05, 4.69) is 5.10 Å². The van der Waals surface area contributed by atoms with Crippen molar-refractivity contribution in [2.45, 2.75) is 32.9 Å². The molecule has 0 amide bonds. The molecule has 1 unspecified atom stereocenters. The van der Waals surface area contributed by atoms with Crippen molar-refractivity contribution in [1.82, 2.24) is 9.78 Å². The lowest BCUT2D eigenvalue weighted by atomic mass is 10.3. The number of aliphatic hydroxyl groups is 1. The number of thiophene rings is 1. The van der Waals surface area contributed by atoms with Gasteiger partial charge in [0.2, 0.25) is 0 Å². The van der Waals surface area contributed by atoms with Gasteiger partial charge in [0.05, 0.1) is 23.4 Å². The van der Waals surface area contributed by atoms with E-state index in [1.165, 1.54) is 12.3 Å². The smallest absolute Gasteiger partial charge is 0.323 e. The Morgan fingerprint density at radius 2 is 2.40 bits per heavy atom. The average Bonchev–Trinajstić information content (AvgIpc) is 2.97. The maximum atomic E-state index is 11.0. The number of aromatic nitrogens is 2. The first-order valence-corrected chi connectivity index (χ1v) is 6.99. The van der Waals surface area contributed by atoms with Crippen molar-refractivity contribution in [1.29, 1.82) is 0 Å². The zero-order valence-electron chi connectivity index (χ0n) is 11.1. The Bertz CT molecular complexity index is 606. The minimum atomic E-state index is -0.765. The van der Waals surface area contributed by atoms with Gasteiger partial charge >= 0.3 is 5.69 Å². The Balaban J connectivity index is 2.24. The van der Waals surface area contributed by atoms with Crippen LogP contribution in [0.1, 0.15) is 31.2 Å². The number of ether oxygens (including phenoxy) is 1. The van der Waals surface area contributed by atoms with E-state index in [1.54, 1.807) is 17.8 Å². The van der Waals surface area contributed by atoms with E-state index >= 15 is 0 Å². The van der Waals surface area contributed by atoms with E-state index in [0.29, 0.717) is 10.6 Å². The lowest BCUT2D eigenvalue weighted by Crippen LogP contribution is -1.95. The minimum Gasteiger partial charge on any atom is -0.437 e. The maximum Gasteiger partial charge on any atom is 0.323 e. The second-order valence-electron chi connectivity index (χ2n) is 4.30. The van der Waals surface area contributed by atoms with Gasteiger partial charge in [0.25, 0.3) is 5.06 Å². The van der Waals surface area contributed by atoms with Gasteiger partial charge in [-0.05, 0) is 13.3 Å². The number of aryl methyl sites for hydroxylation is 1. The summed E-state index contributed by atoms with van der Waals surface area (Å²) in [4.78, 5) is 11.0. The van der Waals surface area contributed by atoms with Crippen LogP contribution in [0.5, 0.6) is 10.8 Å². The van der Waals surface area contributed by atoms with E-state index < -0.39 is 11.0 Å². The molecule has 0 aliphatic carbocycles. The van der Waals surface area contributed by atoms with Gasteiger partial charge in [-0.15, -0.1) is 0 Å². The van der Waals surface area contributed by atoms with Crippen LogP contribution in [0.25, 0.3) is 0 Å². The van der Waals surface area contributed by atoms with Crippen molar-refractivity contribution in [2.24, 2.45) is 0 Å². The molecule has 0 aliphatic heterocycles. The molecule has 0 aromatic carbocycles. The molecule has 1 N–H and O–H groups in total. The van der Waals surface area contributed by atoms with Gasteiger partial charge in [0.1, 0.15) is 0 Å². The predicted octanol–water partition coefficient (Wildman–Crippen LogP) is 3.11. The number of nitro groups is 1. The summed E-state index contributed by atoms with van der Waals surface area (Å²) in [6.45, 7) is 4.34. The lowest BCUT2D eigenvalue weighted by Gasteiger charge is -1.99. The Hall–Kier alpha value is -1.93. The molecule has 0 saturated carbocycles. The highest BCUT2D eigenvalue weighted by molar-refractivity contribution is 7.14. The van der Waals surface area contributed by atoms with Crippen LogP contribution in [0.2, 0.25) is 0 Å². The van der Waals surface area contributed by atoms with E-state index in [4.69, 9.17) is 4.74 Å². The van der Waals surface area contributed by atoms with Gasteiger partial charge in [-0.3, -0.25) is 14.8 Å². The molecule has 0 fully saturated rings. The summed E-state index contributed by atoms with van der Waals surface area (Å²) in [5.74, 6) is 0.445. The van der Waals surface area contributed by atoms with Crippen LogP contribution in [0.15, 0.2) is 18.5 Å². The second kappa shape index (κ2) is 6.02. The minimum absolute atomic E-state index is 0.144. The normalized spacial score (nSPS) is 12.3. The topological polar surface area (TPSA) is 90.4 Å². The lowest BCUT2D eigenvalue weighted by molar-refractivity contribution is -0.385. The van der Waals surface area contributed by atoms with Gasteiger partial charge in [-0.25, -0.2) is 0 Å². The zero-order valence-corrected chi connectivity index (χ0v) is 12.0. The molecule has 0 radical (unpaired) electrons. The van der Waals surface area contributed by atoms with E-state index in [0.717, 1.165) is 24.3 Å². The van der Waals surface area contributed by atoms with E-state index in [1.807, 2.05) is 6.92 Å². The first kappa shape index (κ1) is 14.5. The first-order chi connectivity index (χ1) is 9.51. The standard InChI is InChI=1S/C12H15N3O4S/c1-3-4-14-7-9(6-13-14)19-12-10(15(17)18)5-11(20-12)8(2)16/h5-8,16H,3-4H2,1-2H3. The molecule has 0 spiro atoms. The molecule has 2 aromatic heterocycles. The molecule has 2 aromatic rings. The number of hydrogen-bond acceptors (Lipinski definition) is 6. The molecule has 2 heterocycles. The third kappa shape index (κ3) is 3.14. The average molecular weight is 297 g/mol. The molecule has 0 bridgehead atoms. The molecular formula is C12H15N3O4S. The van der Waals surface area contributed by atoms with Crippen LogP contribution in [-0.2, 0) is 6.54 Å². The highest BCUT2D eigenvalue weighted by Gasteiger charge is 2.23. The number of aliphatic hydroxyl groups excluding tert-OH is 1. The summed E-state index contributed by atoms with van der Waals surface area (Å²) < 4.78 is 7.22. The Kier molecular flexibility index (Phi) is 4.35. The fraction of sp³-hybridized carbons (Fsp3) is 0.417. The molecular weight excluding hydrogens is 282 g/mol. The van der Waals surface area contributed by atoms with Crippen LogP contribution < -0.4 is 4.74 Å². The van der Waals surface area contributed by atoms with E-state index in [-0.39, 0.29) is 10.8 Å². The van der Waals surface area contributed by atoms with Crippen molar-refractivity contribution in [3.63, 3.8) is 0 Å². The molecule has 20 heavy (non-hydrogen) atoms. The summed E-state index contributed by atoms with van der Waals surface area (Å²) in [5.41, 5.74) is -0.144. The molecule has 0 aliphatic rings. The van der Waals surface area contributed by atoms with Gasteiger partial charge in [0.15, 0.2) is 5.75 Å². The van der Waals surface area contributed by atoms with Gasteiger partial charge < -0.3 is 9.84 Å². The van der Waals surface area contributed by atoms with Crippen LogP contribution in [-0.4, -0.2) is 19.8 Å². The fourth-order valence-corrected chi connectivity index (χ4v) is 2.58. The van der Waals surface area contributed by atoms with Crippen LogP contribution in [0.4, 0.5) is 5.69 Å². The third-order valence-electron chi connectivity index (χ3n) is 2.58. The molecule has 1 atom stereocenters. The molecule has 7 nitrogen and oxygen atoms in total. The van der Waals surface area contributed by atoms with Crippen molar-refractivity contribution in [3.8, 4) is 10.8 Å². The molecule has 108 valence electrons. The number of nitrogens with zero attached hydrogens (tertiary/aromatic N) is 3. The first-order valence-electron chi connectivity index (χ1n) is 6.17. The Labute approximate surface area is 119 Å². The van der Waals surface area contributed by atoms with Crippen molar-refractivity contribution >= 4 is 17.0 Å². The highest BCUT2D eigenvalue weighted by atomic mass is 32.1. The van der Waals surface area contributed by atoms with Crippen LogP contribution in [0.3, 0.4) is 0 Å². The monoisotopic (exact) mass is 297 g/mol. The van der Waals surface area contributed by atoms with Crippen molar-refractivity contribution < 1.29 is 14.8 Å². The third-order valence-corrected chi connectivity index (χ3v) is 3.75. The maximum absolute atomic E-state index is 11.0. The van der Waals surface area contributed by atoms with Gasteiger partial charge in [-0.2, -0.15) is 5.10 Å². The highest BCUT2D eigenvalue weighted by Crippen LogP contribution is 2.41. The molecule has 8 heteroatoms. The summed E-state index contributed by atoms with van der Waals surface area (Å²) in [5, 5.41) is 24.7. The Morgan fingerprint density at radius 1 is 1.65 bits per heavy atom. The second-order valence-corrected chi connectivity index (χ2v) is 5.34. The SMILES string of the molecule is CCCn1cc(Oc2sc(C(C)O)cc2[N+](=O)[O-])cn1. The zero-order chi connectivity index (χ0) is 14.7. The Morgan fingerprint density at radius 3 is 3.00 bits per heavy atom. The van der Waals surface area contributed by atoms with Gasteiger partial charge in [0, 0.05) is 17.5 Å². The number of hydrogen-bond donors (Lipinski definition) is 1. The fourth-order valence-electron chi connectivity index (χ4n) is 1.64. The summed E-state index contributed by atoms with van der Waals surface area (Å²) in [7, 11) is 0. The quantitative estimate of drug-likeness (QED) is 0.653. The summed E-state index contributed by atoms with van der Waals surface area (Å²) in [6, 6.07) is 1.33. The molecule has 2 rings (SSSR count).